The molecule has 1 aliphatic heterocycles. The molecular weight excluding hydrogens is 336 g/mol. The van der Waals surface area contributed by atoms with Gasteiger partial charge in [-0.3, -0.25) is 9.59 Å². The van der Waals surface area contributed by atoms with Crippen LogP contribution in [-0.4, -0.2) is 38.6 Å². The van der Waals surface area contributed by atoms with Gasteiger partial charge < -0.3 is 15.0 Å². The lowest BCUT2D eigenvalue weighted by Crippen LogP contribution is -2.34. The number of nitrogens with one attached hydrogen (secondary N) is 1. The Morgan fingerprint density at radius 3 is 2.95 bits per heavy atom. The van der Waals surface area contributed by atoms with Crippen molar-refractivity contribution in [1.82, 2.24) is 5.32 Å². The Balaban J connectivity index is 2.04. The fourth-order valence-corrected chi connectivity index (χ4v) is 2.93. The smallest absolute Gasteiger partial charge is 0.227 e. The van der Waals surface area contributed by atoms with E-state index in [2.05, 4.69) is 21.2 Å². The van der Waals surface area contributed by atoms with Crippen LogP contribution in [0.4, 0.5) is 5.69 Å². The molecule has 1 aromatic carbocycles. The van der Waals surface area contributed by atoms with Gasteiger partial charge in [-0.2, -0.15) is 0 Å². The second kappa shape index (κ2) is 7.04. The number of halogens is 1. The molecule has 114 valence electrons. The van der Waals surface area contributed by atoms with Crippen molar-refractivity contribution in [2.75, 3.05) is 31.7 Å². The highest BCUT2D eigenvalue weighted by Gasteiger charge is 2.35. The molecule has 0 spiro atoms. The van der Waals surface area contributed by atoms with Gasteiger partial charge in [-0.25, -0.2) is 0 Å². The van der Waals surface area contributed by atoms with Gasteiger partial charge in [-0.05, 0) is 30.7 Å². The molecule has 1 aliphatic rings. The second-order valence-corrected chi connectivity index (χ2v) is 6.04. The maximum atomic E-state index is 12.2. The lowest BCUT2D eigenvalue weighted by Gasteiger charge is -2.19. The minimum atomic E-state index is -0.294. The van der Waals surface area contributed by atoms with Gasteiger partial charge in [-0.15, -0.1) is 0 Å². The molecule has 0 saturated carbocycles. The highest BCUT2D eigenvalue weighted by molar-refractivity contribution is 9.10. The first kappa shape index (κ1) is 16.0. The summed E-state index contributed by atoms with van der Waals surface area (Å²) >= 11 is 3.41. The number of amides is 2. The van der Waals surface area contributed by atoms with Crippen molar-refractivity contribution in [3.8, 4) is 0 Å². The summed E-state index contributed by atoms with van der Waals surface area (Å²) in [5.74, 6) is -0.387. The van der Waals surface area contributed by atoms with Crippen LogP contribution in [0.5, 0.6) is 0 Å². The lowest BCUT2D eigenvalue weighted by atomic mass is 10.1. The summed E-state index contributed by atoms with van der Waals surface area (Å²) in [4.78, 5) is 25.9. The number of nitrogens with zero attached hydrogens (tertiary/aromatic N) is 1. The first-order valence-electron chi connectivity index (χ1n) is 6.86. The molecule has 6 heteroatoms. The van der Waals surface area contributed by atoms with Gasteiger partial charge in [0.15, 0.2) is 0 Å². The normalized spacial score (nSPS) is 18.1. The van der Waals surface area contributed by atoms with Crippen LogP contribution in [0.2, 0.25) is 0 Å². The van der Waals surface area contributed by atoms with Gasteiger partial charge in [0.1, 0.15) is 0 Å². The third kappa shape index (κ3) is 3.83. The van der Waals surface area contributed by atoms with Crippen LogP contribution >= 0.6 is 15.9 Å². The second-order valence-electron chi connectivity index (χ2n) is 5.12. The molecule has 1 heterocycles. The Morgan fingerprint density at radius 2 is 2.29 bits per heavy atom. The average Bonchev–Trinajstić information content (AvgIpc) is 2.81. The van der Waals surface area contributed by atoms with Crippen molar-refractivity contribution in [2.24, 2.45) is 5.92 Å². The molecule has 1 N–H and O–H groups in total. The predicted molar refractivity (Wildman–Crippen MR) is 84.2 cm³/mol. The summed E-state index contributed by atoms with van der Waals surface area (Å²) in [7, 11) is 1.59. The molecule has 5 nitrogen and oxygen atoms in total. The molecule has 1 aromatic rings. The minimum absolute atomic E-state index is 0.00712. The Bertz CT molecular complexity index is 548. The van der Waals surface area contributed by atoms with Gasteiger partial charge in [0.2, 0.25) is 11.8 Å². The zero-order chi connectivity index (χ0) is 15.4. The molecule has 0 aliphatic carbocycles. The monoisotopic (exact) mass is 354 g/mol. The summed E-state index contributed by atoms with van der Waals surface area (Å²) < 4.78 is 5.87. The maximum absolute atomic E-state index is 12.2. The Morgan fingerprint density at radius 1 is 1.52 bits per heavy atom. The third-order valence-electron chi connectivity index (χ3n) is 3.55. The van der Waals surface area contributed by atoms with E-state index in [1.807, 2.05) is 25.1 Å². The third-order valence-corrected chi connectivity index (χ3v) is 4.04. The van der Waals surface area contributed by atoms with Gasteiger partial charge in [-0.1, -0.05) is 15.9 Å². The van der Waals surface area contributed by atoms with Crippen LogP contribution in [0, 0.1) is 12.8 Å². The number of anilines is 1. The molecule has 1 saturated heterocycles. The van der Waals surface area contributed by atoms with Crippen LogP contribution in [0.1, 0.15) is 12.0 Å². The van der Waals surface area contributed by atoms with Gasteiger partial charge >= 0.3 is 0 Å². The zero-order valence-corrected chi connectivity index (χ0v) is 13.8. The maximum Gasteiger partial charge on any atom is 0.227 e. The molecule has 0 bridgehead atoms. The predicted octanol–water partition coefficient (Wildman–Crippen LogP) is 1.87. The summed E-state index contributed by atoms with van der Waals surface area (Å²) in [5, 5.41) is 2.79. The van der Waals surface area contributed by atoms with E-state index in [1.54, 1.807) is 12.0 Å². The summed E-state index contributed by atoms with van der Waals surface area (Å²) in [6, 6.07) is 5.78. The SMILES string of the molecule is COCCNC(=O)C1CC(=O)N(c2ccc(Br)cc2C)C1. The van der Waals surface area contributed by atoms with Crippen LogP contribution in [0.3, 0.4) is 0 Å². The van der Waals surface area contributed by atoms with E-state index >= 15 is 0 Å². The minimum Gasteiger partial charge on any atom is -0.383 e. The molecule has 2 amide bonds. The van der Waals surface area contributed by atoms with E-state index in [9.17, 15) is 9.59 Å². The molecule has 1 atom stereocenters. The van der Waals surface area contributed by atoms with Crippen LogP contribution in [-0.2, 0) is 14.3 Å². The van der Waals surface area contributed by atoms with E-state index in [-0.39, 0.29) is 24.2 Å². The van der Waals surface area contributed by atoms with Crippen molar-refractivity contribution < 1.29 is 14.3 Å². The molecule has 1 unspecified atom stereocenters. The lowest BCUT2D eigenvalue weighted by molar-refractivity contribution is -0.126. The Kier molecular flexibility index (Phi) is 5.36. The largest absolute Gasteiger partial charge is 0.383 e. The molecule has 21 heavy (non-hydrogen) atoms. The zero-order valence-electron chi connectivity index (χ0n) is 12.2. The first-order chi connectivity index (χ1) is 10.0. The molecular formula is C15H19BrN2O3. The highest BCUT2D eigenvalue weighted by Crippen LogP contribution is 2.29. The van der Waals surface area contributed by atoms with E-state index in [0.717, 1.165) is 15.7 Å². The number of rotatable bonds is 5. The van der Waals surface area contributed by atoms with Crippen molar-refractivity contribution in [3.05, 3.63) is 28.2 Å². The number of hydrogen-bond donors (Lipinski definition) is 1. The number of carbonyl (C=O) groups is 2. The van der Waals surface area contributed by atoms with Gasteiger partial charge in [0.25, 0.3) is 0 Å². The molecule has 0 radical (unpaired) electrons. The van der Waals surface area contributed by atoms with E-state index in [1.165, 1.54) is 0 Å². The molecule has 0 aromatic heterocycles. The number of hydrogen-bond acceptors (Lipinski definition) is 3. The standard InChI is InChI=1S/C15H19BrN2O3/c1-10-7-12(16)3-4-13(10)18-9-11(8-14(18)19)15(20)17-5-6-21-2/h3-4,7,11H,5-6,8-9H2,1-2H3,(H,17,20). The number of ether oxygens (including phenoxy) is 1. The van der Waals surface area contributed by atoms with Crippen LogP contribution < -0.4 is 10.2 Å². The first-order valence-corrected chi connectivity index (χ1v) is 7.65. The fourth-order valence-electron chi connectivity index (χ4n) is 2.46. The number of aryl methyl sites for hydroxylation is 1. The van der Waals surface area contributed by atoms with E-state index < -0.39 is 0 Å². The topological polar surface area (TPSA) is 58.6 Å². The summed E-state index contributed by atoms with van der Waals surface area (Å²) in [5.41, 5.74) is 1.88. The Hall–Kier alpha value is -1.40. The van der Waals surface area contributed by atoms with Crippen molar-refractivity contribution in [2.45, 2.75) is 13.3 Å². The van der Waals surface area contributed by atoms with Crippen molar-refractivity contribution >= 4 is 33.4 Å². The molecule has 1 fully saturated rings. The molecule has 2 rings (SSSR count). The van der Waals surface area contributed by atoms with E-state index in [0.29, 0.717) is 19.7 Å². The summed E-state index contributed by atoms with van der Waals surface area (Å²) in [6.45, 7) is 3.33. The Labute approximate surface area is 132 Å². The van der Waals surface area contributed by atoms with Gasteiger partial charge in [0, 0.05) is 36.8 Å². The van der Waals surface area contributed by atoms with Gasteiger partial charge in [0.05, 0.1) is 12.5 Å². The van der Waals surface area contributed by atoms with Crippen molar-refractivity contribution in [1.29, 1.82) is 0 Å². The quantitative estimate of drug-likeness (QED) is 0.821. The average molecular weight is 355 g/mol. The van der Waals surface area contributed by atoms with Crippen molar-refractivity contribution in [3.63, 3.8) is 0 Å². The van der Waals surface area contributed by atoms with E-state index in [4.69, 9.17) is 4.74 Å². The van der Waals surface area contributed by atoms with Crippen LogP contribution in [0.25, 0.3) is 0 Å². The number of carbonyl (C=O) groups excluding carboxylic acids is 2. The highest BCUT2D eigenvalue weighted by atomic mass is 79.9. The van der Waals surface area contributed by atoms with Crippen LogP contribution in [0.15, 0.2) is 22.7 Å². The number of methoxy groups -OCH3 is 1. The fraction of sp³-hybridized carbons (Fsp3) is 0.467. The number of benzene rings is 1. The summed E-state index contributed by atoms with van der Waals surface area (Å²) in [6.07, 6.45) is 0.258.